The zero-order valence-electron chi connectivity index (χ0n) is 37.7. The van der Waals surface area contributed by atoms with Crippen molar-refractivity contribution in [2.45, 2.75) is 265 Å². The number of unbranched alkanes of at least 4 members (excludes halogenated alkanes) is 23. The van der Waals surface area contributed by atoms with E-state index in [1.54, 1.807) is 11.9 Å². The maximum Gasteiger partial charge on any atom is 0.306 e. The molecule has 0 saturated carbocycles. The molecule has 1 N–H and O–H groups in total. The Morgan fingerprint density at radius 2 is 0.800 bits per heavy atom. The van der Waals surface area contributed by atoms with Gasteiger partial charge in [0.25, 0.3) is 0 Å². The van der Waals surface area contributed by atoms with Gasteiger partial charge in [-0.25, -0.2) is 0 Å². The van der Waals surface area contributed by atoms with Crippen LogP contribution in [0.25, 0.3) is 0 Å². The summed E-state index contributed by atoms with van der Waals surface area (Å²) in [5, 5.41) is 0. The topological polar surface area (TPSA) is 67.9 Å². The van der Waals surface area contributed by atoms with Crippen molar-refractivity contribution in [2.24, 2.45) is 0 Å². The van der Waals surface area contributed by atoms with Crippen LogP contribution in [0.1, 0.15) is 252 Å². The highest BCUT2D eigenvalue weighted by Crippen LogP contribution is 2.19. The average molecular weight is 797 g/mol. The highest BCUT2D eigenvalue weighted by molar-refractivity contribution is 7.96. The van der Waals surface area contributed by atoms with Gasteiger partial charge in [-0.3, -0.25) is 14.3 Å². The molecule has 0 bridgehead atoms. The fraction of sp³-hybridized carbons (Fsp3) is 0.958. The second kappa shape index (κ2) is 44.3. The zero-order valence-corrected chi connectivity index (χ0v) is 38.5. The summed E-state index contributed by atoms with van der Waals surface area (Å²) < 4.78 is 15.3. The summed E-state index contributed by atoms with van der Waals surface area (Å²) in [7, 11) is 0. The van der Waals surface area contributed by atoms with Gasteiger partial charge in [0.1, 0.15) is 12.2 Å². The summed E-state index contributed by atoms with van der Waals surface area (Å²) in [4.78, 5) is 27.9. The zero-order chi connectivity index (χ0) is 40.3. The van der Waals surface area contributed by atoms with E-state index < -0.39 is 0 Å². The van der Waals surface area contributed by atoms with E-state index in [4.69, 9.17) is 9.47 Å². The molecule has 1 unspecified atom stereocenters. The Hall–Kier alpha value is -0.790. The minimum atomic E-state index is 0.00837. The number of hydrogen-bond acceptors (Lipinski definition) is 7. The van der Waals surface area contributed by atoms with Gasteiger partial charge < -0.3 is 14.4 Å². The van der Waals surface area contributed by atoms with Crippen LogP contribution in [-0.2, 0) is 19.1 Å². The Labute approximate surface area is 348 Å². The molecule has 0 aromatic rings. The quantitative estimate of drug-likeness (QED) is 0.0374. The molecule has 0 aromatic carbocycles. The number of nitrogens with one attached hydrogen (secondary N) is 1. The van der Waals surface area contributed by atoms with Gasteiger partial charge in [0.05, 0.1) is 0 Å². The summed E-state index contributed by atoms with van der Waals surface area (Å²) in [5.41, 5.74) is 0. The summed E-state index contributed by atoms with van der Waals surface area (Å²) in [5.74, 6) is 0.0462. The van der Waals surface area contributed by atoms with E-state index in [0.29, 0.717) is 12.8 Å². The van der Waals surface area contributed by atoms with Crippen LogP contribution in [0.2, 0.25) is 0 Å². The first-order chi connectivity index (χ1) is 27.0. The van der Waals surface area contributed by atoms with Gasteiger partial charge in [0, 0.05) is 19.4 Å². The number of nitrogens with zero attached hydrogens (tertiary/aromatic N) is 1. The summed E-state index contributed by atoms with van der Waals surface area (Å²) in [6.07, 6.45) is 43.4. The minimum absolute atomic E-state index is 0.00837. The Balaban J connectivity index is 4.26. The molecule has 328 valence electrons. The number of ether oxygens (including phenoxy) is 2. The van der Waals surface area contributed by atoms with Crippen molar-refractivity contribution in [3.63, 3.8) is 0 Å². The Kier molecular flexibility index (Phi) is 43.7. The summed E-state index contributed by atoms with van der Waals surface area (Å²) in [6.45, 7) is 13.5. The van der Waals surface area contributed by atoms with Crippen molar-refractivity contribution in [3.8, 4) is 0 Å². The van der Waals surface area contributed by atoms with Crippen LogP contribution in [-0.4, -0.2) is 61.5 Å². The number of carbonyl (C=O) groups excluding carboxylic acids is 2. The monoisotopic (exact) mass is 797 g/mol. The van der Waals surface area contributed by atoms with Crippen LogP contribution in [0.3, 0.4) is 0 Å². The van der Waals surface area contributed by atoms with Crippen molar-refractivity contribution in [2.75, 3.05) is 32.4 Å². The van der Waals surface area contributed by atoms with Gasteiger partial charge in [-0.2, -0.15) is 0 Å². The molecule has 0 rings (SSSR count). The van der Waals surface area contributed by atoms with Crippen molar-refractivity contribution >= 4 is 23.9 Å². The molecule has 0 spiro atoms. The lowest BCUT2D eigenvalue weighted by Gasteiger charge is -2.22. The first-order valence-electron chi connectivity index (χ1n) is 24.4. The van der Waals surface area contributed by atoms with Crippen LogP contribution in [0.15, 0.2) is 0 Å². The Morgan fingerprint density at radius 1 is 0.455 bits per heavy atom. The maximum absolute atomic E-state index is 12.8. The second-order valence-electron chi connectivity index (χ2n) is 16.6. The lowest BCUT2D eigenvalue weighted by molar-refractivity contribution is -0.150. The minimum Gasteiger partial charge on any atom is -0.462 e. The standard InChI is InChI=1S/C48H96N2O4S/c1-6-10-13-16-21-28-36-45(9-4)53-47(51)39-31-24-19-26-33-42-50(44-35-41-49-55-5)43-34-27-20-25-32-40-48(52)54-46(37-29-22-17-14-11-7-2)38-30-23-18-15-12-8-3/h45-46,49H,6-44H2,1-5H3. The summed E-state index contributed by atoms with van der Waals surface area (Å²) >= 11 is 1.71. The molecule has 55 heavy (non-hydrogen) atoms. The van der Waals surface area contributed by atoms with Crippen LogP contribution in [0, 0.1) is 0 Å². The second-order valence-corrected chi connectivity index (χ2v) is 17.3. The Morgan fingerprint density at radius 3 is 1.22 bits per heavy atom. The molecular formula is C48H96N2O4S. The molecule has 0 fully saturated rings. The third kappa shape index (κ3) is 39.8. The fourth-order valence-electron chi connectivity index (χ4n) is 7.64. The van der Waals surface area contributed by atoms with Crippen molar-refractivity contribution in [1.82, 2.24) is 9.62 Å². The van der Waals surface area contributed by atoms with E-state index >= 15 is 0 Å². The number of esters is 2. The number of carbonyl (C=O) groups is 2. The lowest BCUT2D eigenvalue weighted by Crippen LogP contribution is -2.29. The molecule has 0 amide bonds. The van der Waals surface area contributed by atoms with E-state index in [2.05, 4.69) is 43.6 Å². The predicted octanol–water partition coefficient (Wildman–Crippen LogP) is 14.7. The van der Waals surface area contributed by atoms with Crippen LogP contribution in [0.4, 0.5) is 0 Å². The molecule has 0 aliphatic carbocycles. The van der Waals surface area contributed by atoms with Crippen molar-refractivity contribution in [1.29, 1.82) is 0 Å². The lowest BCUT2D eigenvalue weighted by atomic mass is 10.0. The molecule has 0 aromatic heterocycles. The third-order valence-electron chi connectivity index (χ3n) is 11.3. The fourth-order valence-corrected chi connectivity index (χ4v) is 7.99. The van der Waals surface area contributed by atoms with Gasteiger partial charge in [-0.1, -0.05) is 174 Å². The highest BCUT2D eigenvalue weighted by Gasteiger charge is 2.15. The molecule has 7 heteroatoms. The molecule has 0 radical (unpaired) electrons. The molecule has 0 aliphatic heterocycles. The van der Waals surface area contributed by atoms with Crippen LogP contribution in [0.5, 0.6) is 0 Å². The maximum atomic E-state index is 12.8. The summed E-state index contributed by atoms with van der Waals surface area (Å²) in [6, 6.07) is 0. The first-order valence-corrected chi connectivity index (χ1v) is 25.6. The normalized spacial score (nSPS) is 12.2. The van der Waals surface area contributed by atoms with E-state index in [-0.39, 0.29) is 24.1 Å². The first kappa shape index (κ1) is 54.2. The number of rotatable bonds is 45. The highest BCUT2D eigenvalue weighted by atomic mass is 32.2. The van der Waals surface area contributed by atoms with Crippen molar-refractivity contribution in [3.05, 3.63) is 0 Å². The Bertz CT molecular complexity index is 784. The molecular weight excluding hydrogens is 701 g/mol. The molecule has 6 nitrogen and oxygen atoms in total. The third-order valence-corrected chi connectivity index (χ3v) is 11.8. The predicted molar refractivity (Wildman–Crippen MR) is 242 cm³/mol. The van der Waals surface area contributed by atoms with E-state index in [1.165, 1.54) is 174 Å². The van der Waals surface area contributed by atoms with Gasteiger partial charge in [0.2, 0.25) is 0 Å². The van der Waals surface area contributed by atoms with Crippen LogP contribution < -0.4 is 4.72 Å². The van der Waals surface area contributed by atoms with E-state index in [1.807, 2.05) is 0 Å². The smallest absolute Gasteiger partial charge is 0.306 e. The van der Waals surface area contributed by atoms with E-state index in [0.717, 1.165) is 64.5 Å². The number of hydrogen-bond donors (Lipinski definition) is 1. The van der Waals surface area contributed by atoms with Gasteiger partial charge in [-0.15, -0.1) is 0 Å². The molecule has 1 atom stereocenters. The molecule has 0 heterocycles. The van der Waals surface area contributed by atoms with Crippen molar-refractivity contribution < 1.29 is 19.1 Å². The largest absolute Gasteiger partial charge is 0.462 e. The van der Waals surface area contributed by atoms with Crippen LogP contribution >= 0.6 is 11.9 Å². The average Bonchev–Trinajstić information content (AvgIpc) is 3.18. The van der Waals surface area contributed by atoms with E-state index in [9.17, 15) is 9.59 Å². The van der Waals surface area contributed by atoms with Gasteiger partial charge in [-0.05, 0) is 103 Å². The SMILES string of the molecule is CCCCCCCCC(CC)OC(=O)CCCCCCCN(CCCCCCCC(=O)OC(CCCCCCCC)CCCCCCCC)CCCNSC. The van der Waals surface area contributed by atoms with Gasteiger partial charge >= 0.3 is 11.9 Å². The van der Waals surface area contributed by atoms with Gasteiger partial charge in [0.15, 0.2) is 0 Å². The molecule has 0 saturated heterocycles. The molecule has 0 aliphatic rings.